The van der Waals surface area contributed by atoms with Crippen LogP contribution >= 0.6 is 0 Å². The highest BCUT2D eigenvalue weighted by atomic mass is 16.6. The fourth-order valence-electron chi connectivity index (χ4n) is 1.21. The number of aromatic amines is 1. The van der Waals surface area contributed by atoms with Gasteiger partial charge in [-0.3, -0.25) is 19.7 Å². The molecule has 0 unspecified atom stereocenters. The maximum atomic E-state index is 11.9. The molecule has 0 saturated heterocycles. The Morgan fingerprint density at radius 2 is 2.17 bits per heavy atom. The van der Waals surface area contributed by atoms with E-state index >= 15 is 0 Å². The second-order valence-electron chi connectivity index (χ2n) is 4.55. The van der Waals surface area contributed by atoms with Gasteiger partial charge in [0.1, 0.15) is 5.56 Å². The van der Waals surface area contributed by atoms with Crippen LogP contribution in [0.4, 0.5) is 5.69 Å². The Bertz CT molecular complexity index is 533. The second-order valence-corrected chi connectivity index (χ2v) is 4.55. The number of amides is 1. The molecule has 0 aliphatic carbocycles. The number of carbonyl (C=O) groups is 1. The number of pyridine rings is 1. The lowest BCUT2D eigenvalue weighted by atomic mass is 10.0. The van der Waals surface area contributed by atoms with Crippen LogP contribution in [0.15, 0.2) is 17.1 Å². The quantitative estimate of drug-likeness (QED) is 0.621. The van der Waals surface area contributed by atoms with Gasteiger partial charge in [-0.15, -0.1) is 0 Å². The van der Waals surface area contributed by atoms with Crippen molar-refractivity contribution >= 4 is 11.6 Å². The largest absolute Gasteiger partial charge is 0.347 e. The third kappa shape index (κ3) is 3.16. The Morgan fingerprint density at radius 3 is 2.67 bits per heavy atom. The number of nitrogens with zero attached hydrogens (tertiary/aromatic N) is 1. The molecule has 1 aromatic rings. The van der Waals surface area contributed by atoms with Crippen molar-refractivity contribution in [1.82, 2.24) is 10.3 Å². The van der Waals surface area contributed by atoms with Crippen LogP contribution in [0.2, 0.25) is 0 Å². The van der Waals surface area contributed by atoms with E-state index in [1.807, 2.05) is 6.92 Å². The molecule has 0 spiro atoms. The molecule has 0 fully saturated rings. The molecule has 1 aromatic heterocycles. The third-order valence-electron chi connectivity index (χ3n) is 2.68. The zero-order valence-corrected chi connectivity index (χ0v) is 10.4. The molecule has 0 saturated carbocycles. The maximum Gasteiger partial charge on any atom is 0.286 e. The van der Waals surface area contributed by atoms with Crippen molar-refractivity contribution in [2.45, 2.75) is 32.7 Å². The highest BCUT2D eigenvalue weighted by Crippen LogP contribution is 2.11. The summed E-state index contributed by atoms with van der Waals surface area (Å²) >= 11 is 0. The van der Waals surface area contributed by atoms with Gasteiger partial charge in [-0.2, -0.15) is 0 Å². The summed E-state index contributed by atoms with van der Waals surface area (Å²) in [5, 5.41) is 13.2. The molecule has 0 aliphatic rings. The molecule has 98 valence electrons. The fraction of sp³-hybridized carbons (Fsp3) is 0.455. The normalized spacial score (nSPS) is 11.1. The molecule has 1 heterocycles. The van der Waals surface area contributed by atoms with Crippen LogP contribution in [-0.2, 0) is 0 Å². The predicted molar refractivity (Wildman–Crippen MR) is 65.6 cm³/mol. The number of H-pyrrole nitrogens is 1. The van der Waals surface area contributed by atoms with Crippen LogP contribution in [0.1, 0.15) is 37.6 Å². The number of carbonyl (C=O) groups excluding carboxylic acids is 1. The van der Waals surface area contributed by atoms with Crippen LogP contribution in [0.25, 0.3) is 0 Å². The number of nitro groups is 1. The van der Waals surface area contributed by atoms with Crippen molar-refractivity contribution in [1.29, 1.82) is 0 Å². The molecule has 0 bridgehead atoms. The molecule has 1 amide bonds. The summed E-state index contributed by atoms with van der Waals surface area (Å²) in [6.45, 7) is 5.49. The van der Waals surface area contributed by atoms with Gasteiger partial charge in [0, 0.05) is 11.6 Å². The summed E-state index contributed by atoms with van der Waals surface area (Å²) in [5.74, 6) is -0.619. The number of rotatable bonds is 4. The van der Waals surface area contributed by atoms with Crippen molar-refractivity contribution in [3.05, 3.63) is 38.3 Å². The van der Waals surface area contributed by atoms with E-state index < -0.39 is 21.9 Å². The molecule has 0 aliphatic heterocycles. The van der Waals surface area contributed by atoms with E-state index in [0.717, 1.165) is 12.3 Å². The lowest BCUT2D eigenvalue weighted by Crippen LogP contribution is -2.44. The monoisotopic (exact) mass is 253 g/mol. The van der Waals surface area contributed by atoms with Gasteiger partial charge in [-0.05, 0) is 20.3 Å². The first-order valence-corrected chi connectivity index (χ1v) is 5.46. The van der Waals surface area contributed by atoms with Crippen LogP contribution in [-0.4, -0.2) is 21.4 Å². The van der Waals surface area contributed by atoms with Crippen LogP contribution in [0.5, 0.6) is 0 Å². The lowest BCUT2D eigenvalue weighted by molar-refractivity contribution is -0.385. The summed E-state index contributed by atoms with van der Waals surface area (Å²) in [5.41, 5.74) is -1.71. The van der Waals surface area contributed by atoms with Gasteiger partial charge >= 0.3 is 0 Å². The van der Waals surface area contributed by atoms with Gasteiger partial charge < -0.3 is 10.3 Å². The smallest absolute Gasteiger partial charge is 0.286 e. The van der Waals surface area contributed by atoms with E-state index in [9.17, 15) is 19.7 Å². The third-order valence-corrected chi connectivity index (χ3v) is 2.68. The van der Waals surface area contributed by atoms with E-state index in [0.29, 0.717) is 6.42 Å². The Balaban J connectivity index is 3.09. The van der Waals surface area contributed by atoms with Gasteiger partial charge in [0.05, 0.1) is 11.1 Å². The zero-order chi connectivity index (χ0) is 13.9. The van der Waals surface area contributed by atoms with E-state index in [-0.39, 0.29) is 11.3 Å². The van der Waals surface area contributed by atoms with E-state index in [4.69, 9.17) is 0 Å². The Labute approximate surface area is 103 Å². The second kappa shape index (κ2) is 4.99. The average molecular weight is 253 g/mol. The predicted octanol–water partition coefficient (Wildman–Crippen LogP) is 1.20. The Morgan fingerprint density at radius 1 is 1.56 bits per heavy atom. The molecule has 7 heteroatoms. The molecule has 7 nitrogen and oxygen atoms in total. The first kappa shape index (κ1) is 13.9. The molecule has 1 rings (SSSR count). The Kier molecular flexibility index (Phi) is 3.85. The summed E-state index contributed by atoms with van der Waals surface area (Å²) in [7, 11) is 0. The molecular weight excluding hydrogens is 238 g/mol. The minimum Gasteiger partial charge on any atom is -0.347 e. The molecule has 2 N–H and O–H groups in total. The van der Waals surface area contributed by atoms with E-state index in [2.05, 4.69) is 10.3 Å². The molecule has 0 atom stereocenters. The highest BCUT2D eigenvalue weighted by Gasteiger charge is 2.22. The standard InChI is InChI=1S/C11H15N3O4/c1-4-11(2,3)13-10(16)8-5-7(14(17)18)6-12-9(8)15/h5-6H,4H2,1-3H3,(H,12,15)(H,13,16). The van der Waals surface area contributed by atoms with Gasteiger partial charge in [0.2, 0.25) is 0 Å². The number of hydrogen-bond donors (Lipinski definition) is 2. The van der Waals surface area contributed by atoms with E-state index in [1.165, 1.54) is 0 Å². The first-order valence-electron chi connectivity index (χ1n) is 5.46. The molecule has 0 radical (unpaired) electrons. The molecular formula is C11H15N3O4. The van der Waals surface area contributed by atoms with Gasteiger partial charge in [0.15, 0.2) is 0 Å². The number of nitrogens with one attached hydrogen (secondary N) is 2. The minimum absolute atomic E-state index is 0.259. The van der Waals surface area contributed by atoms with Crippen molar-refractivity contribution in [2.75, 3.05) is 0 Å². The van der Waals surface area contributed by atoms with Crippen LogP contribution in [0, 0.1) is 10.1 Å². The average Bonchev–Trinajstić information content (AvgIpc) is 2.28. The molecule has 0 aromatic carbocycles. The van der Waals surface area contributed by atoms with Gasteiger partial charge in [0.25, 0.3) is 17.2 Å². The summed E-state index contributed by atoms with van der Waals surface area (Å²) in [6, 6.07) is 0.972. The van der Waals surface area contributed by atoms with Gasteiger partial charge in [-0.25, -0.2) is 0 Å². The van der Waals surface area contributed by atoms with Crippen LogP contribution in [0.3, 0.4) is 0 Å². The maximum absolute atomic E-state index is 11.9. The lowest BCUT2D eigenvalue weighted by Gasteiger charge is -2.24. The van der Waals surface area contributed by atoms with Crippen LogP contribution < -0.4 is 10.9 Å². The topological polar surface area (TPSA) is 105 Å². The fourth-order valence-corrected chi connectivity index (χ4v) is 1.21. The van der Waals surface area contributed by atoms with Crippen molar-refractivity contribution in [3.63, 3.8) is 0 Å². The SMILES string of the molecule is CCC(C)(C)NC(=O)c1cc([N+](=O)[O-])c[nH]c1=O. The number of hydrogen-bond acceptors (Lipinski definition) is 4. The van der Waals surface area contributed by atoms with Crippen molar-refractivity contribution < 1.29 is 9.72 Å². The first-order chi connectivity index (χ1) is 8.26. The Hall–Kier alpha value is -2.18. The summed E-state index contributed by atoms with van der Waals surface area (Å²) < 4.78 is 0. The highest BCUT2D eigenvalue weighted by molar-refractivity contribution is 5.94. The molecule has 18 heavy (non-hydrogen) atoms. The zero-order valence-electron chi connectivity index (χ0n) is 10.4. The van der Waals surface area contributed by atoms with Crippen molar-refractivity contribution in [3.8, 4) is 0 Å². The number of aromatic nitrogens is 1. The summed E-state index contributed by atoms with van der Waals surface area (Å²) in [4.78, 5) is 35.4. The van der Waals surface area contributed by atoms with Gasteiger partial charge in [-0.1, -0.05) is 6.92 Å². The minimum atomic E-state index is -0.669. The van der Waals surface area contributed by atoms with E-state index in [1.54, 1.807) is 13.8 Å². The summed E-state index contributed by atoms with van der Waals surface area (Å²) in [6.07, 6.45) is 1.63. The van der Waals surface area contributed by atoms with Crippen molar-refractivity contribution in [2.24, 2.45) is 0 Å².